The Morgan fingerprint density at radius 3 is 1.74 bits per heavy atom. The molecule has 122 valence electrons. The second kappa shape index (κ2) is 7.82. The maximum atomic E-state index is 11.0. The largest absolute Gasteiger partial charge is 0.508 e. The fourth-order valence-electron chi connectivity index (χ4n) is 3.18. The van der Waals surface area contributed by atoms with Gasteiger partial charge in [-0.2, -0.15) is 0 Å². The molecule has 0 unspecified atom stereocenters. The summed E-state index contributed by atoms with van der Waals surface area (Å²) in [7, 11) is 0. The van der Waals surface area contributed by atoms with Gasteiger partial charge < -0.3 is 9.84 Å². The van der Waals surface area contributed by atoms with E-state index >= 15 is 0 Å². The number of phenols is 1. The molecule has 23 heavy (non-hydrogen) atoms. The molecule has 0 radical (unpaired) electrons. The molecular formula is C20H24O3. The highest BCUT2D eigenvalue weighted by Gasteiger charge is 2.22. The molecule has 2 atom stereocenters. The van der Waals surface area contributed by atoms with Gasteiger partial charge in [-0.1, -0.05) is 38.1 Å². The van der Waals surface area contributed by atoms with Crippen molar-refractivity contribution in [2.45, 2.75) is 45.4 Å². The van der Waals surface area contributed by atoms with Crippen molar-refractivity contribution >= 4 is 5.97 Å². The van der Waals surface area contributed by atoms with Crippen LogP contribution in [-0.2, 0) is 4.79 Å². The van der Waals surface area contributed by atoms with Gasteiger partial charge in [0.25, 0.3) is 0 Å². The molecule has 0 aliphatic carbocycles. The number of benzene rings is 2. The standard InChI is InChI=1S/C20H24O3/c1-4-19(15-6-10-17(22)11-7-15)20(5-2)16-8-12-18(13-9-16)23-14(3)21/h6-13,19-20,22H,4-5H2,1-3H3/t19-,20+/m0/s1. The molecule has 0 heterocycles. The number of phenolic OH excluding ortho intramolecular Hbond substituents is 1. The minimum Gasteiger partial charge on any atom is -0.508 e. The van der Waals surface area contributed by atoms with Gasteiger partial charge in [0.05, 0.1) is 0 Å². The molecule has 0 fully saturated rings. The molecule has 2 rings (SSSR count). The van der Waals surface area contributed by atoms with Crippen molar-refractivity contribution in [1.82, 2.24) is 0 Å². The molecule has 0 amide bonds. The summed E-state index contributed by atoms with van der Waals surface area (Å²) in [6.45, 7) is 5.78. The zero-order valence-electron chi connectivity index (χ0n) is 14.0. The van der Waals surface area contributed by atoms with Crippen LogP contribution in [0.25, 0.3) is 0 Å². The average Bonchev–Trinajstić information content (AvgIpc) is 2.54. The van der Waals surface area contributed by atoms with Gasteiger partial charge in [0.2, 0.25) is 0 Å². The third-order valence-electron chi connectivity index (χ3n) is 4.26. The van der Waals surface area contributed by atoms with Gasteiger partial charge >= 0.3 is 5.97 Å². The van der Waals surface area contributed by atoms with Crippen molar-refractivity contribution in [2.75, 3.05) is 0 Å². The first-order chi connectivity index (χ1) is 11.0. The predicted molar refractivity (Wildman–Crippen MR) is 91.9 cm³/mol. The Morgan fingerprint density at radius 1 is 0.913 bits per heavy atom. The summed E-state index contributed by atoms with van der Waals surface area (Å²) in [5, 5.41) is 9.49. The smallest absolute Gasteiger partial charge is 0.308 e. The van der Waals surface area contributed by atoms with Crippen LogP contribution in [0.1, 0.15) is 56.6 Å². The number of rotatable bonds is 6. The molecule has 1 N–H and O–H groups in total. The van der Waals surface area contributed by atoms with Gasteiger partial charge in [-0.05, 0) is 60.1 Å². The number of aromatic hydroxyl groups is 1. The SMILES string of the molecule is CC[C@H](c1ccc(OC(C)=O)cc1)[C@@H](CC)c1ccc(O)cc1. The molecule has 0 aliphatic heterocycles. The van der Waals surface area contributed by atoms with Gasteiger partial charge in [-0.3, -0.25) is 4.79 Å². The van der Waals surface area contributed by atoms with Crippen LogP contribution in [0, 0.1) is 0 Å². The van der Waals surface area contributed by atoms with E-state index in [4.69, 9.17) is 4.74 Å². The lowest BCUT2D eigenvalue weighted by Gasteiger charge is -2.26. The lowest BCUT2D eigenvalue weighted by molar-refractivity contribution is -0.131. The summed E-state index contributed by atoms with van der Waals surface area (Å²) in [5.74, 6) is 1.34. The number of esters is 1. The first kappa shape index (κ1) is 17.1. The van der Waals surface area contributed by atoms with Gasteiger partial charge in [-0.15, -0.1) is 0 Å². The van der Waals surface area contributed by atoms with E-state index < -0.39 is 0 Å². The highest BCUT2D eigenvalue weighted by molar-refractivity contribution is 5.69. The Kier molecular flexibility index (Phi) is 5.80. The van der Waals surface area contributed by atoms with Crippen LogP contribution >= 0.6 is 0 Å². The van der Waals surface area contributed by atoms with Crippen LogP contribution < -0.4 is 4.74 Å². The van der Waals surface area contributed by atoms with Crippen molar-refractivity contribution in [3.8, 4) is 11.5 Å². The van der Waals surface area contributed by atoms with E-state index in [1.165, 1.54) is 18.1 Å². The zero-order chi connectivity index (χ0) is 16.8. The lowest BCUT2D eigenvalue weighted by Crippen LogP contribution is -2.10. The Morgan fingerprint density at radius 2 is 1.35 bits per heavy atom. The third kappa shape index (κ3) is 4.35. The molecule has 0 aromatic heterocycles. The predicted octanol–water partition coefficient (Wildman–Crippen LogP) is 5.00. The van der Waals surface area contributed by atoms with Gasteiger partial charge in [-0.25, -0.2) is 0 Å². The van der Waals surface area contributed by atoms with Crippen molar-refractivity contribution < 1.29 is 14.6 Å². The summed E-state index contributed by atoms with van der Waals surface area (Å²) < 4.78 is 5.10. The summed E-state index contributed by atoms with van der Waals surface area (Å²) >= 11 is 0. The minimum atomic E-state index is -0.305. The lowest BCUT2D eigenvalue weighted by atomic mass is 9.78. The third-order valence-corrected chi connectivity index (χ3v) is 4.26. The summed E-state index contributed by atoms with van der Waals surface area (Å²) in [5.41, 5.74) is 2.48. The van der Waals surface area contributed by atoms with Gasteiger partial charge in [0, 0.05) is 6.92 Å². The zero-order valence-corrected chi connectivity index (χ0v) is 14.0. The van der Waals surface area contributed by atoms with Crippen LogP contribution in [0.2, 0.25) is 0 Å². The number of ether oxygens (including phenoxy) is 1. The Labute approximate surface area is 137 Å². The van der Waals surface area contributed by atoms with E-state index in [9.17, 15) is 9.90 Å². The van der Waals surface area contributed by atoms with E-state index in [1.807, 2.05) is 36.4 Å². The minimum absolute atomic E-state index is 0.294. The summed E-state index contributed by atoms with van der Waals surface area (Å²) in [6, 6.07) is 15.3. The van der Waals surface area contributed by atoms with Gasteiger partial charge in [0.1, 0.15) is 11.5 Å². The second-order valence-electron chi connectivity index (χ2n) is 5.78. The van der Waals surface area contributed by atoms with Crippen molar-refractivity contribution in [3.63, 3.8) is 0 Å². The fourth-order valence-corrected chi connectivity index (χ4v) is 3.18. The van der Waals surface area contributed by atoms with E-state index in [-0.39, 0.29) is 5.97 Å². The molecule has 0 saturated carbocycles. The highest BCUT2D eigenvalue weighted by Crippen LogP contribution is 2.38. The maximum absolute atomic E-state index is 11.0. The molecule has 0 saturated heterocycles. The maximum Gasteiger partial charge on any atom is 0.308 e. The summed E-state index contributed by atoms with van der Waals surface area (Å²) in [4.78, 5) is 11.0. The van der Waals surface area contributed by atoms with E-state index in [0.717, 1.165) is 12.8 Å². The van der Waals surface area contributed by atoms with E-state index in [2.05, 4.69) is 13.8 Å². The van der Waals surface area contributed by atoms with Crippen LogP contribution in [0.3, 0.4) is 0 Å². The monoisotopic (exact) mass is 312 g/mol. The Hall–Kier alpha value is -2.29. The van der Waals surface area contributed by atoms with Crippen LogP contribution in [0.4, 0.5) is 0 Å². The quantitative estimate of drug-likeness (QED) is 0.603. The highest BCUT2D eigenvalue weighted by atomic mass is 16.5. The number of hydrogen-bond donors (Lipinski definition) is 1. The van der Waals surface area contributed by atoms with Crippen LogP contribution in [-0.4, -0.2) is 11.1 Å². The molecule has 0 bridgehead atoms. The number of hydrogen-bond acceptors (Lipinski definition) is 3. The first-order valence-electron chi connectivity index (χ1n) is 8.12. The number of carbonyl (C=O) groups excluding carboxylic acids is 1. The molecule has 3 nitrogen and oxygen atoms in total. The molecule has 2 aromatic carbocycles. The van der Waals surface area contributed by atoms with Crippen LogP contribution in [0.5, 0.6) is 11.5 Å². The first-order valence-corrected chi connectivity index (χ1v) is 8.12. The number of carbonyl (C=O) groups is 1. The fraction of sp³-hybridized carbons (Fsp3) is 0.350. The molecule has 3 heteroatoms. The molecule has 2 aromatic rings. The molecular weight excluding hydrogens is 288 g/mol. The van der Waals surface area contributed by atoms with Crippen molar-refractivity contribution in [3.05, 3.63) is 59.7 Å². The van der Waals surface area contributed by atoms with Gasteiger partial charge in [0.15, 0.2) is 0 Å². The van der Waals surface area contributed by atoms with Crippen LogP contribution in [0.15, 0.2) is 48.5 Å². The summed E-state index contributed by atoms with van der Waals surface area (Å²) in [6.07, 6.45) is 2.04. The normalized spacial score (nSPS) is 13.3. The Balaban J connectivity index is 2.25. The van der Waals surface area contributed by atoms with E-state index in [0.29, 0.717) is 23.3 Å². The Bertz CT molecular complexity index is 629. The van der Waals surface area contributed by atoms with E-state index in [1.54, 1.807) is 12.1 Å². The van der Waals surface area contributed by atoms with Crippen molar-refractivity contribution in [2.24, 2.45) is 0 Å². The topological polar surface area (TPSA) is 46.5 Å². The van der Waals surface area contributed by atoms with Crippen molar-refractivity contribution in [1.29, 1.82) is 0 Å². The molecule has 0 spiro atoms. The average molecular weight is 312 g/mol. The second-order valence-corrected chi connectivity index (χ2v) is 5.78. The molecule has 0 aliphatic rings.